The molecule has 0 saturated heterocycles. The minimum Gasteiger partial charge on any atom is -0.459 e. The summed E-state index contributed by atoms with van der Waals surface area (Å²) < 4.78 is 20.3. The van der Waals surface area contributed by atoms with E-state index in [1.54, 1.807) is 36.5 Å². The Hall–Kier alpha value is -4.33. The van der Waals surface area contributed by atoms with Crippen LogP contribution in [-0.2, 0) is 24.1 Å². The molecule has 0 saturated carbocycles. The number of aryl methyl sites for hydroxylation is 2. The van der Waals surface area contributed by atoms with Crippen molar-refractivity contribution in [1.82, 2.24) is 20.2 Å². The van der Waals surface area contributed by atoms with Gasteiger partial charge in [-0.2, -0.15) is 0 Å². The van der Waals surface area contributed by atoms with Gasteiger partial charge in [0.05, 0.1) is 17.3 Å². The molecule has 0 radical (unpaired) electrons. The number of nitrogens with zero attached hydrogens (tertiary/aromatic N) is 3. The van der Waals surface area contributed by atoms with E-state index < -0.39 is 6.04 Å². The van der Waals surface area contributed by atoms with Gasteiger partial charge in [-0.05, 0) is 65.8 Å². The second-order valence-corrected chi connectivity index (χ2v) is 9.45. The first-order valence-corrected chi connectivity index (χ1v) is 12.3. The number of hydrogen-bond acceptors (Lipinski definition) is 5. The molecule has 0 spiro atoms. The average Bonchev–Trinajstić information content (AvgIpc) is 3.55. The number of amides is 2. The zero-order chi connectivity index (χ0) is 25.5. The van der Waals surface area contributed by atoms with Gasteiger partial charge >= 0.3 is 0 Å². The summed E-state index contributed by atoms with van der Waals surface area (Å²) in [6.07, 6.45) is 6.96. The van der Waals surface area contributed by atoms with Crippen molar-refractivity contribution >= 4 is 28.4 Å². The summed E-state index contributed by atoms with van der Waals surface area (Å²) in [4.78, 5) is 36.9. The van der Waals surface area contributed by atoms with Gasteiger partial charge in [0.15, 0.2) is 5.76 Å². The second kappa shape index (κ2) is 9.28. The molecule has 0 bridgehead atoms. The topological polar surface area (TPSA) is 88.3 Å². The maximum atomic E-state index is 14.7. The van der Waals surface area contributed by atoms with Crippen molar-refractivity contribution in [2.75, 3.05) is 13.6 Å². The van der Waals surface area contributed by atoms with Crippen LogP contribution in [0, 0.1) is 5.82 Å². The van der Waals surface area contributed by atoms with E-state index in [4.69, 9.17) is 4.42 Å². The average molecular weight is 497 g/mol. The summed E-state index contributed by atoms with van der Waals surface area (Å²) in [5.74, 6) is -0.665. The van der Waals surface area contributed by atoms with Gasteiger partial charge in [-0.15, -0.1) is 0 Å². The molecule has 1 unspecified atom stereocenters. The highest BCUT2D eigenvalue weighted by molar-refractivity contribution is 5.99. The maximum Gasteiger partial charge on any atom is 0.290 e. The van der Waals surface area contributed by atoms with Crippen molar-refractivity contribution < 1.29 is 18.4 Å². The Bertz CT molecular complexity index is 1570. The summed E-state index contributed by atoms with van der Waals surface area (Å²) in [7, 11) is 1.55. The van der Waals surface area contributed by atoms with Crippen molar-refractivity contribution in [3.8, 4) is 0 Å². The van der Waals surface area contributed by atoms with E-state index in [0.29, 0.717) is 24.8 Å². The summed E-state index contributed by atoms with van der Waals surface area (Å²) >= 11 is 0. The quantitative estimate of drug-likeness (QED) is 0.449. The maximum absolute atomic E-state index is 14.7. The lowest BCUT2D eigenvalue weighted by molar-refractivity contribution is -0.125. The molecule has 4 aromatic rings. The van der Waals surface area contributed by atoms with Crippen LogP contribution in [0.2, 0.25) is 0 Å². The molecule has 2 aliphatic rings. The molecule has 1 N–H and O–H groups in total. The van der Waals surface area contributed by atoms with Gasteiger partial charge in [0.1, 0.15) is 11.9 Å². The number of furan rings is 1. The Balaban J connectivity index is 1.26. The van der Waals surface area contributed by atoms with E-state index in [2.05, 4.69) is 15.3 Å². The fraction of sp³-hybridized carbons (Fsp3) is 0.241. The van der Waals surface area contributed by atoms with Crippen molar-refractivity contribution in [3.63, 3.8) is 0 Å². The smallest absolute Gasteiger partial charge is 0.290 e. The molecule has 7 nitrogen and oxygen atoms in total. The number of aromatic nitrogens is 2. The van der Waals surface area contributed by atoms with Crippen molar-refractivity contribution in [1.29, 1.82) is 0 Å². The Labute approximate surface area is 213 Å². The van der Waals surface area contributed by atoms with Crippen LogP contribution in [0.1, 0.15) is 39.2 Å². The van der Waals surface area contributed by atoms with Gasteiger partial charge in [0, 0.05) is 43.5 Å². The van der Waals surface area contributed by atoms with E-state index in [1.165, 1.54) is 12.3 Å². The first kappa shape index (κ1) is 23.1. The highest BCUT2D eigenvalue weighted by atomic mass is 19.1. The minimum absolute atomic E-state index is 0.236. The van der Waals surface area contributed by atoms with E-state index in [1.807, 2.05) is 24.3 Å². The van der Waals surface area contributed by atoms with Crippen LogP contribution in [0.5, 0.6) is 0 Å². The summed E-state index contributed by atoms with van der Waals surface area (Å²) in [6, 6.07) is 12.0. The Kier molecular flexibility index (Phi) is 5.79. The number of rotatable bonds is 5. The molecule has 1 aliphatic heterocycles. The highest BCUT2D eigenvalue weighted by Crippen LogP contribution is 2.42. The molecule has 1 atom stereocenters. The fourth-order valence-corrected chi connectivity index (χ4v) is 5.49. The second-order valence-electron chi connectivity index (χ2n) is 9.45. The molecule has 2 aromatic carbocycles. The van der Waals surface area contributed by atoms with E-state index in [9.17, 15) is 14.0 Å². The minimum atomic E-state index is -0.751. The lowest BCUT2D eigenvalue weighted by Gasteiger charge is -2.35. The molecule has 37 heavy (non-hydrogen) atoms. The van der Waals surface area contributed by atoms with E-state index in [0.717, 1.165) is 38.9 Å². The standard InChI is InChI=1S/C29H25FN4O3/c1-31-28(35)25-15-21-20(14-19-3-2-4-22(30)26(19)21)16-34(25)29(36)27-18(9-12-37-27)7-5-17-6-8-23-24(13-17)33-11-10-32-23/h2-4,6,8-13,25H,5,7,14-16H2,1H3,(H,31,35). The lowest BCUT2D eigenvalue weighted by Crippen LogP contribution is -2.51. The SMILES string of the molecule is CNC(=O)C1CC2=C(Cc3cccc(F)c32)CN1C(=O)c1occc1CCc1ccc2nccnc2c1. The third kappa shape index (κ3) is 4.08. The van der Waals surface area contributed by atoms with Crippen LogP contribution in [-0.4, -0.2) is 46.3 Å². The van der Waals surface area contributed by atoms with Crippen LogP contribution in [0.25, 0.3) is 16.6 Å². The number of fused-ring (bicyclic) bond motifs is 3. The van der Waals surface area contributed by atoms with Crippen LogP contribution < -0.4 is 5.32 Å². The first-order valence-electron chi connectivity index (χ1n) is 12.3. The van der Waals surface area contributed by atoms with Crippen LogP contribution >= 0.6 is 0 Å². The number of hydrogen-bond donors (Lipinski definition) is 1. The predicted octanol–water partition coefficient (Wildman–Crippen LogP) is 4.12. The van der Waals surface area contributed by atoms with Gasteiger partial charge in [0.25, 0.3) is 5.91 Å². The molecule has 1 aliphatic carbocycles. The third-order valence-corrected chi connectivity index (χ3v) is 7.33. The normalized spacial score (nSPS) is 16.6. The summed E-state index contributed by atoms with van der Waals surface area (Å²) in [6.45, 7) is 0.254. The molecular weight excluding hydrogens is 471 g/mol. The number of likely N-dealkylation sites (N-methyl/N-ethyl adjacent to an activating group) is 1. The van der Waals surface area contributed by atoms with E-state index >= 15 is 0 Å². The number of halogens is 1. The van der Waals surface area contributed by atoms with Gasteiger partial charge < -0.3 is 14.6 Å². The molecule has 3 heterocycles. The van der Waals surface area contributed by atoms with Crippen LogP contribution in [0.3, 0.4) is 0 Å². The molecule has 8 heteroatoms. The third-order valence-electron chi connectivity index (χ3n) is 7.33. The van der Waals surface area contributed by atoms with Gasteiger partial charge in [0.2, 0.25) is 5.91 Å². The number of benzene rings is 2. The zero-order valence-electron chi connectivity index (χ0n) is 20.3. The molecule has 6 rings (SSSR count). The van der Waals surface area contributed by atoms with Gasteiger partial charge in [-0.25, -0.2) is 4.39 Å². The Morgan fingerprint density at radius 1 is 1.11 bits per heavy atom. The molecular formula is C29H25FN4O3. The Morgan fingerprint density at radius 3 is 2.78 bits per heavy atom. The van der Waals surface area contributed by atoms with Gasteiger partial charge in [-0.3, -0.25) is 19.6 Å². The lowest BCUT2D eigenvalue weighted by atomic mass is 9.92. The van der Waals surface area contributed by atoms with E-state index in [-0.39, 0.29) is 36.4 Å². The zero-order valence-corrected chi connectivity index (χ0v) is 20.3. The van der Waals surface area contributed by atoms with Crippen molar-refractivity contribution in [2.24, 2.45) is 0 Å². The first-order chi connectivity index (χ1) is 18.0. The van der Waals surface area contributed by atoms with Crippen molar-refractivity contribution in [3.05, 3.63) is 101 Å². The largest absolute Gasteiger partial charge is 0.459 e. The molecule has 0 fully saturated rings. The number of nitrogens with one attached hydrogen (secondary N) is 1. The van der Waals surface area contributed by atoms with Gasteiger partial charge in [-0.1, -0.05) is 18.2 Å². The fourth-order valence-electron chi connectivity index (χ4n) is 5.49. The molecule has 2 amide bonds. The summed E-state index contributed by atoms with van der Waals surface area (Å²) in [5.41, 5.74) is 6.80. The predicted molar refractivity (Wildman–Crippen MR) is 136 cm³/mol. The molecule has 2 aromatic heterocycles. The van der Waals surface area contributed by atoms with Crippen LogP contribution in [0.4, 0.5) is 4.39 Å². The summed E-state index contributed by atoms with van der Waals surface area (Å²) in [5, 5.41) is 2.67. The number of carbonyl (C=O) groups excluding carboxylic acids is 2. The highest BCUT2D eigenvalue weighted by Gasteiger charge is 2.40. The number of carbonyl (C=O) groups is 2. The van der Waals surface area contributed by atoms with Crippen LogP contribution in [0.15, 0.2) is 71.1 Å². The Morgan fingerprint density at radius 2 is 1.95 bits per heavy atom. The monoisotopic (exact) mass is 496 g/mol. The molecule has 186 valence electrons. The van der Waals surface area contributed by atoms with Crippen molar-refractivity contribution in [2.45, 2.75) is 31.7 Å².